The fraction of sp³-hybridized carbons (Fsp3) is 0.474. The lowest BCUT2D eigenvalue weighted by atomic mass is 9.95. The molecule has 154 valence electrons. The van der Waals surface area contributed by atoms with E-state index in [0.29, 0.717) is 25.6 Å². The lowest BCUT2D eigenvalue weighted by molar-refractivity contribution is 0.224. The van der Waals surface area contributed by atoms with Crippen molar-refractivity contribution in [3.8, 4) is 11.6 Å². The molecule has 9 nitrogen and oxygen atoms in total. The van der Waals surface area contributed by atoms with Crippen molar-refractivity contribution in [3.63, 3.8) is 0 Å². The minimum Gasteiger partial charge on any atom is -0.493 e. The van der Waals surface area contributed by atoms with Gasteiger partial charge in [0.25, 0.3) is 0 Å². The van der Waals surface area contributed by atoms with Crippen molar-refractivity contribution in [1.82, 2.24) is 9.78 Å². The molecule has 0 unspecified atom stereocenters. The Bertz CT molecular complexity index is 1130. The van der Waals surface area contributed by atoms with Crippen LogP contribution in [0.1, 0.15) is 42.4 Å². The first kappa shape index (κ1) is 18.4. The van der Waals surface area contributed by atoms with E-state index in [1.54, 1.807) is 4.68 Å². The molecule has 0 bridgehead atoms. The molecule has 3 heterocycles. The highest BCUT2D eigenvalue weighted by Gasteiger charge is 2.31. The fourth-order valence-corrected chi connectivity index (χ4v) is 5.33. The van der Waals surface area contributed by atoms with E-state index < -0.39 is 15.9 Å². The zero-order valence-corrected chi connectivity index (χ0v) is 17.0. The maximum atomic E-state index is 13.0. The van der Waals surface area contributed by atoms with Crippen molar-refractivity contribution in [1.29, 1.82) is 0 Å². The monoisotopic (exact) mass is 417 g/mol. The van der Waals surface area contributed by atoms with Crippen LogP contribution in [0.3, 0.4) is 0 Å². The average molecular weight is 417 g/mol. The summed E-state index contributed by atoms with van der Waals surface area (Å²) in [6.45, 7) is 3.77. The average Bonchev–Trinajstić information content (AvgIpc) is 3.39. The molecule has 29 heavy (non-hydrogen) atoms. The van der Waals surface area contributed by atoms with Gasteiger partial charge in [-0.3, -0.25) is 0 Å². The highest BCUT2D eigenvalue weighted by atomic mass is 32.2. The van der Waals surface area contributed by atoms with E-state index in [0.717, 1.165) is 48.2 Å². The quantitative estimate of drug-likeness (QED) is 0.778. The highest BCUT2D eigenvalue weighted by molar-refractivity contribution is 7.91. The summed E-state index contributed by atoms with van der Waals surface area (Å²) in [7, 11) is -3.50. The Morgan fingerprint density at radius 2 is 2.24 bits per heavy atom. The van der Waals surface area contributed by atoms with Crippen molar-refractivity contribution in [2.75, 3.05) is 18.5 Å². The number of nitrogens with one attached hydrogen (secondary N) is 1. The number of nitrogens with zero attached hydrogens (tertiary/aromatic N) is 3. The topological polar surface area (TPSA) is 121 Å². The molecule has 2 atom stereocenters. The first-order valence-electron chi connectivity index (χ1n) is 9.80. The van der Waals surface area contributed by atoms with E-state index in [1.807, 2.05) is 0 Å². The maximum Gasteiger partial charge on any atom is 0.354 e. The van der Waals surface area contributed by atoms with Crippen LogP contribution in [-0.2, 0) is 29.3 Å². The lowest BCUT2D eigenvalue weighted by Gasteiger charge is -2.17. The van der Waals surface area contributed by atoms with Gasteiger partial charge in [0, 0.05) is 24.4 Å². The Hall–Kier alpha value is -2.59. The molecule has 3 aliphatic rings. The Morgan fingerprint density at radius 3 is 3.10 bits per heavy atom. The zero-order chi connectivity index (χ0) is 20.2. The number of rotatable bonds is 2. The third kappa shape index (κ3) is 3.06. The number of benzene rings is 1. The van der Waals surface area contributed by atoms with Crippen LogP contribution in [0.2, 0.25) is 0 Å². The molecule has 1 aromatic carbocycles. The summed E-state index contributed by atoms with van der Waals surface area (Å²) >= 11 is 0. The number of anilines is 1. The van der Waals surface area contributed by atoms with Crippen molar-refractivity contribution in [2.45, 2.75) is 50.0 Å². The number of hydrogen-bond acceptors (Lipinski definition) is 5. The zero-order valence-electron chi connectivity index (χ0n) is 16.1. The van der Waals surface area contributed by atoms with Crippen LogP contribution in [-0.4, -0.2) is 33.2 Å². The van der Waals surface area contributed by atoms with E-state index in [9.17, 15) is 9.00 Å². The van der Waals surface area contributed by atoms with Crippen molar-refractivity contribution < 1.29 is 18.5 Å². The van der Waals surface area contributed by atoms with Crippen LogP contribution in [0.15, 0.2) is 21.5 Å². The van der Waals surface area contributed by atoms with Crippen LogP contribution in [0.25, 0.3) is 0 Å². The molecule has 2 aromatic rings. The summed E-state index contributed by atoms with van der Waals surface area (Å²) in [5.41, 5.74) is 4.00. The van der Waals surface area contributed by atoms with Gasteiger partial charge in [-0.25, -0.2) is 18.8 Å². The molecule has 0 radical (unpaired) electrons. The SMILES string of the molecule is C[C@@H]1COc2cc3c(c(NC(=O)N=[S@@](N)(=O)c4cnn5c4OCCC5)c21)CCC3. The van der Waals surface area contributed by atoms with Crippen LogP contribution in [0.4, 0.5) is 10.5 Å². The predicted molar refractivity (Wildman–Crippen MR) is 107 cm³/mol. The highest BCUT2D eigenvalue weighted by Crippen LogP contribution is 2.45. The Balaban J connectivity index is 1.50. The summed E-state index contributed by atoms with van der Waals surface area (Å²) in [6, 6.07) is 1.34. The molecule has 5 rings (SSSR count). The van der Waals surface area contributed by atoms with Gasteiger partial charge in [0.1, 0.15) is 10.6 Å². The molecule has 0 fully saturated rings. The second-order valence-corrected chi connectivity index (χ2v) is 9.46. The number of amides is 2. The summed E-state index contributed by atoms with van der Waals surface area (Å²) in [4.78, 5) is 12.9. The van der Waals surface area contributed by atoms with Gasteiger partial charge >= 0.3 is 6.03 Å². The van der Waals surface area contributed by atoms with Gasteiger partial charge in [-0.05, 0) is 36.5 Å². The Kier molecular flexibility index (Phi) is 4.28. The minimum absolute atomic E-state index is 0.146. The van der Waals surface area contributed by atoms with Gasteiger partial charge in [0.05, 0.1) is 25.1 Å². The number of carbonyl (C=O) groups excluding carboxylic acids is 1. The summed E-state index contributed by atoms with van der Waals surface area (Å²) in [6.07, 6.45) is 5.04. The van der Waals surface area contributed by atoms with E-state index in [4.69, 9.17) is 14.6 Å². The molecular formula is C19H23N5O4S. The second-order valence-electron chi connectivity index (χ2n) is 7.70. The fourth-order valence-electron chi connectivity index (χ4n) is 4.33. The number of carbonyl (C=O) groups is 1. The number of hydrogen-bond donors (Lipinski definition) is 2. The third-order valence-corrected chi connectivity index (χ3v) is 7.01. The van der Waals surface area contributed by atoms with Crippen LogP contribution in [0, 0.1) is 0 Å². The molecule has 2 aliphatic heterocycles. The molecule has 1 aliphatic carbocycles. The number of urea groups is 1. The smallest absolute Gasteiger partial charge is 0.354 e. The molecular weight excluding hydrogens is 394 g/mol. The van der Waals surface area contributed by atoms with Crippen molar-refractivity contribution in [3.05, 3.63) is 29.0 Å². The molecule has 10 heteroatoms. The van der Waals surface area contributed by atoms with Gasteiger partial charge in [-0.1, -0.05) is 6.92 Å². The molecule has 1 aromatic heterocycles. The number of fused-ring (bicyclic) bond motifs is 3. The van der Waals surface area contributed by atoms with Crippen LogP contribution < -0.4 is 19.9 Å². The van der Waals surface area contributed by atoms with E-state index in [2.05, 4.69) is 27.8 Å². The standard InChI is InChI=1S/C19H23N5O4S/c1-11-10-28-14-8-12-4-2-5-13(12)17(16(11)14)22-19(25)23-29(20,26)15-9-21-24-6-3-7-27-18(15)24/h8-9,11H,2-7,10H2,1H3,(H3,20,22,23,25,26)/t11-,29-/m1/s1. The molecule has 2 amide bonds. The van der Waals surface area contributed by atoms with E-state index >= 15 is 0 Å². The minimum atomic E-state index is -3.50. The lowest BCUT2D eigenvalue weighted by Crippen LogP contribution is -2.21. The molecule has 0 saturated carbocycles. The summed E-state index contributed by atoms with van der Waals surface area (Å²) in [5.74, 6) is 1.29. The van der Waals surface area contributed by atoms with Crippen molar-refractivity contribution in [2.24, 2.45) is 9.50 Å². The second kappa shape index (κ2) is 6.74. The van der Waals surface area contributed by atoms with Gasteiger partial charge in [-0.15, -0.1) is 4.36 Å². The largest absolute Gasteiger partial charge is 0.493 e. The summed E-state index contributed by atoms with van der Waals surface area (Å²) < 4.78 is 29.8. The molecule has 0 spiro atoms. The molecule has 0 saturated heterocycles. The Morgan fingerprint density at radius 1 is 1.38 bits per heavy atom. The Labute approximate surface area is 168 Å². The van der Waals surface area contributed by atoms with Gasteiger partial charge in [-0.2, -0.15) is 5.10 Å². The van der Waals surface area contributed by atoms with E-state index in [-0.39, 0.29) is 10.8 Å². The number of nitrogens with two attached hydrogens (primary N) is 1. The van der Waals surface area contributed by atoms with Crippen LogP contribution >= 0.6 is 0 Å². The van der Waals surface area contributed by atoms with E-state index in [1.165, 1.54) is 11.8 Å². The van der Waals surface area contributed by atoms with Gasteiger partial charge < -0.3 is 14.8 Å². The summed E-state index contributed by atoms with van der Waals surface area (Å²) in [5, 5.41) is 13.0. The first-order valence-corrected chi connectivity index (χ1v) is 11.4. The van der Waals surface area contributed by atoms with Gasteiger partial charge in [0.2, 0.25) is 5.88 Å². The normalized spacial score (nSPS) is 21.2. The van der Waals surface area contributed by atoms with Crippen molar-refractivity contribution >= 4 is 21.6 Å². The number of ether oxygens (including phenoxy) is 2. The molecule has 3 N–H and O–H groups in total. The number of aromatic nitrogens is 2. The number of aryl methyl sites for hydroxylation is 2. The van der Waals surface area contributed by atoms with Gasteiger partial charge in [0.15, 0.2) is 9.92 Å². The first-order chi connectivity index (χ1) is 13.9. The third-order valence-electron chi connectivity index (χ3n) is 5.66. The predicted octanol–water partition coefficient (Wildman–Crippen LogP) is 2.58. The van der Waals surface area contributed by atoms with Crippen LogP contribution in [0.5, 0.6) is 11.6 Å². The maximum absolute atomic E-state index is 13.0.